The summed E-state index contributed by atoms with van der Waals surface area (Å²) >= 11 is 0. The van der Waals surface area contributed by atoms with Gasteiger partial charge < -0.3 is 15.0 Å². The Morgan fingerprint density at radius 2 is 1.60 bits per heavy atom. The number of hydrogen-bond donors (Lipinski definition) is 1. The summed E-state index contributed by atoms with van der Waals surface area (Å²) in [7, 11) is 0. The first-order chi connectivity index (χ1) is 14.8. The molecule has 2 aliphatic carbocycles. The van der Waals surface area contributed by atoms with Crippen LogP contribution in [-0.2, 0) is 11.3 Å². The van der Waals surface area contributed by atoms with Gasteiger partial charge >= 0.3 is 6.09 Å². The van der Waals surface area contributed by atoms with Crippen molar-refractivity contribution < 1.29 is 9.53 Å². The first-order valence-corrected chi connectivity index (χ1v) is 12.2. The lowest BCUT2D eigenvalue weighted by atomic mass is 9.88. The maximum absolute atomic E-state index is 12.1. The third-order valence-corrected chi connectivity index (χ3v) is 7.40. The lowest BCUT2D eigenvalue weighted by molar-refractivity contribution is 0.0621. The molecule has 5 heteroatoms. The van der Waals surface area contributed by atoms with E-state index >= 15 is 0 Å². The Hall–Kier alpha value is -1.59. The van der Waals surface area contributed by atoms with Gasteiger partial charge in [0.05, 0.1) is 0 Å². The topological polar surface area (TPSA) is 44.8 Å². The summed E-state index contributed by atoms with van der Waals surface area (Å²) in [5.41, 5.74) is 1.03. The molecule has 1 amide bonds. The molecule has 4 rings (SSSR count). The van der Waals surface area contributed by atoms with Crippen LogP contribution >= 0.6 is 0 Å². The predicted molar refractivity (Wildman–Crippen MR) is 120 cm³/mol. The smallest absolute Gasteiger partial charge is 0.407 e. The van der Waals surface area contributed by atoms with Gasteiger partial charge in [-0.3, -0.25) is 4.90 Å². The number of nitrogens with zero attached hydrogens (tertiary/aromatic N) is 2. The summed E-state index contributed by atoms with van der Waals surface area (Å²) in [6, 6.07) is 10.8. The van der Waals surface area contributed by atoms with Gasteiger partial charge in [0.1, 0.15) is 6.61 Å². The van der Waals surface area contributed by atoms with Gasteiger partial charge in [-0.05, 0) is 50.0 Å². The molecule has 0 spiro atoms. The molecule has 1 heterocycles. The van der Waals surface area contributed by atoms with E-state index in [-0.39, 0.29) is 12.1 Å². The van der Waals surface area contributed by atoms with Crippen molar-refractivity contribution in [3.05, 3.63) is 35.9 Å². The number of benzene rings is 1. The molecule has 1 aromatic carbocycles. The van der Waals surface area contributed by atoms with Crippen LogP contribution in [0.1, 0.15) is 63.4 Å². The summed E-state index contributed by atoms with van der Waals surface area (Å²) in [6.07, 6.45) is 11.5. The third-order valence-electron chi connectivity index (χ3n) is 7.40. The lowest BCUT2D eigenvalue weighted by Gasteiger charge is -2.43. The molecule has 0 aromatic heterocycles. The predicted octanol–water partition coefficient (Wildman–Crippen LogP) is 4.42. The Morgan fingerprint density at radius 3 is 2.30 bits per heavy atom. The van der Waals surface area contributed by atoms with Gasteiger partial charge in [-0.1, -0.05) is 49.6 Å². The van der Waals surface area contributed by atoms with E-state index in [2.05, 4.69) is 15.1 Å². The van der Waals surface area contributed by atoms with E-state index in [0.29, 0.717) is 12.6 Å². The highest BCUT2D eigenvalue weighted by Gasteiger charge is 2.29. The molecule has 2 saturated carbocycles. The SMILES string of the molecule is O=C(NC1CCC(N2CCN(CC3CCCCC3)CC2)CC1)OCc1ccccc1. The van der Waals surface area contributed by atoms with Crippen molar-refractivity contribution in [3.8, 4) is 0 Å². The van der Waals surface area contributed by atoms with E-state index in [1.807, 2.05) is 30.3 Å². The number of ether oxygens (including phenoxy) is 1. The lowest BCUT2D eigenvalue weighted by Crippen LogP contribution is -2.53. The average molecular weight is 414 g/mol. The van der Waals surface area contributed by atoms with Crippen LogP contribution in [0.2, 0.25) is 0 Å². The van der Waals surface area contributed by atoms with Crippen LogP contribution in [0.3, 0.4) is 0 Å². The average Bonchev–Trinajstić information content (AvgIpc) is 2.80. The molecule has 0 radical (unpaired) electrons. The molecule has 1 aliphatic heterocycles. The minimum absolute atomic E-state index is 0.261. The van der Waals surface area contributed by atoms with Crippen LogP contribution in [0.15, 0.2) is 30.3 Å². The number of alkyl carbamates (subject to hydrolysis) is 1. The van der Waals surface area contributed by atoms with E-state index in [1.165, 1.54) is 77.7 Å². The molecule has 166 valence electrons. The van der Waals surface area contributed by atoms with E-state index < -0.39 is 0 Å². The van der Waals surface area contributed by atoms with Gasteiger partial charge in [0, 0.05) is 44.8 Å². The van der Waals surface area contributed by atoms with E-state index in [9.17, 15) is 4.79 Å². The quantitative estimate of drug-likeness (QED) is 0.750. The first-order valence-electron chi connectivity index (χ1n) is 12.2. The maximum Gasteiger partial charge on any atom is 0.407 e. The summed E-state index contributed by atoms with van der Waals surface area (Å²) < 4.78 is 5.38. The van der Waals surface area contributed by atoms with Crippen molar-refractivity contribution in [3.63, 3.8) is 0 Å². The molecule has 1 aromatic rings. The third kappa shape index (κ3) is 6.45. The van der Waals surface area contributed by atoms with Crippen LogP contribution in [0.5, 0.6) is 0 Å². The summed E-state index contributed by atoms with van der Waals surface area (Å²) in [6.45, 7) is 6.58. The molecule has 3 fully saturated rings. The van der Waals surface area contributed by atoms with Crippen molar-refractivity contribution in [2.75, 3.05) is 32.7 Å². The highest BCUT2D eigenvalue weighted by molar-refractivity contribution is 5.67. The fourth-order valence-corrected chi connectivity index (χ4v) is 5.56. The van der Waals surface area contributed by atoms with E-state index in [4.69, 9.17) is 4.74 Å². The molecule has 5 nitrogen and oxygen atoms in total. The van der Waals surface area contributed by atoms with Crippen molar-refractivity contribution >= 4 is 6.09 Å². The van der Waals surface area contributed by atoms with Crippen molar-refractivity contribution in [2.24, 2.45) is 5.92 Å². The maximum atomic E-state index is 12.1. The van der Waals surface area contributed by atoms with Gasteiger partial charge in [-0.2, -0.15) is 0 Å². The monoisotopic (exact) mass is 413 g/mol. The largest absolute Gasteiger partial charge is 0.445 e. The van der Waals surface area contributed by atoms with Crippen LogP contribution in [0.25, 0.3) is 0 Å². The molecule has 0 unspecified atom stereocenters. The summed E-state index contributed by atoms with van der Waals surface area (Å²) in [4.78, 5) is 17.5. The zero-order valence-corrected chi connectivity index (χ0v) is 18.4. The Kier molecular flexibility index (Phi) is 8.04. The molecular formula is C25H39N3O2. The van der Waals surface area contributed by atoms with Gasteiger partial charge in [-0.15, -0.1) is 0 Å². The normalized spacial score (nSPS) is 26.9. The molecular weight excluding hydrogens is 374 g/mol. The minimum Gasteiger partial charge on any atom is -0.445 e. The van der Waals surface area contributed by atoms with Crippen LogP contribution < -0.4 is 5.32 Å². The van der Waals surface area contributed by atoms with Gasteiger partial charge in [0.25, 0.3) is 0 Å². The van der Waals surface area contributed by atoms with Crippen molar-refractivity contribution in [1.29, 1.82) is 0 Å². The summed E-state index contributed by atoms with van der Waals surface area (Å²) in [5, 5.41) is 3.08. The zero-order valence-electron chi connectivity index (χ0n) is 18.4. The standard InChI is InChI=1S/C25H39N3O2/c29-25(30-20-22-9-5-2-6-10-22)26-23-11-13-24(14-12-23)28-17-15-27(16-18-28)19-21-7-3-1-4-8-21/h2,5-6,9-10,21,23-24H,1,3-4,7-8,11-20H2,(H,26,29). The van der Waals surface area contributed by atoms with E-state index in [1.54, 1.807) is 0 Å². The van der Waals surface area contributed by atoms with Gasteiger partial charge in [0.2, 0.25) is 0 Å². The second-order valence-electron chi connectivity index (χ2n) is 9.55. The van der Waals surface area contributed by atoms with Gasteiger partial charge in [-0.25, -0.2) is 4.79 Å². The molecule has 0 bridgehead atoms. The number of amides is 1. The Morgan fingerprint density at radius 1 is 0.900 bits per heavy atom. The Balaban J connectivity index is 1.11. The molecule has 30 heavy (non-hydrogen) atoms. The molecule has 0 atom stereocenters. The number of piperazine rings is 1. The summed E-state index contributed by atoms with van der Waals surface area (Å²) in [5.74, 6) is 0.952. The minimum atomic E-state index is -0.279. The second kappa shape index (κ2) is 11.1. The second-order valence-corrected chi connectivity index (χ2v) is 9.55. The fourth-order valence-electron chi connectivity index (χ4n) is 5.56. The number of rotatable bonds is 6. The Bertz CT molecular complexity index is 631. The first kappa shape index (κ1) is 21.6. The number of hydrogen-bond acceptors (Lipinski definition) is 4. The van der Waals surface area contributed by atoms with Crippen molar-refractivity contribution in [2.45, 2.75) is 76.5 Å². The number of nitrogens with one attached hydrogen (secondary N) is 1. The highest BCUT2D eigenvalue weighted by atomic mass is 16.5. The fraction of sp³-hybridized carbons (Fsp3) is 0.720. The highest BCUT2D eigenvalue weighted by Crippen LogP contribution is 2.27. The Labute approximate surface area is 182 Å². The van der Waals surface area contributed by atoms with Crippen LogP contribution in [0.4, 0.5) is 4.79 Å². The molecule has 3 aliphatic rings. The zero-order chi connectivity index (χ0) is 20.6. The molecule has 1 N–H and O–H groups in total. The number of carbonyl (C=O) groups is 1. The van der Waals surface area contributed by atoms with Crippen LogP contribution in [-0.4, -0.2) is 60.7 Å². The van der Waals surface area contributed by atoms with Crippen LogP contribution in [0, 0.1) is 5.92 Å². The van der Waals surface area contributed by atoms with Crippen molar-refractivity contribution in [1.82, 2.24) is 15.1 Å². The van der Waals surface area contributed by atoms with Gasteiger partial charge in [0.15, 0.2) is 0 Å². The number of carbonyl (C=O) groups excluding carboxylic acids is 1. The molecule has 1 saturated heterocycles. The van der Waals surface area contributed by atoms with E-state index in [0.717, 1.165) is 24.3 Å².